The molecule has 0 aliphatic carbocycles. The van der Waals surface area contributed by atoms with Crippen LogP contribution in [0, 0.1) is 0 Å². The fraction of sp³-hybridized carbons (Fsp3) is 0.500. The zero-order chi connectivity index (χ0) is 17.0. The van der Waals surface area contributed by atoms with Crippen molar-refractivity contribution in [2.24, 2.45) is 5.73 Å². The molecule has 23 heavy (non-hydrogen) atoms. The minimum absolute atomic E-state index is 0.0160. The number of carbonyl (C=O) groups is 2. The maximum Gasteiger partial charge on any atom is 0.247 e. The maximum absolute atomic E-state index is 12.7. The monoisotopic (exact) mass is 383 g/mol. The molecule has 0 spiro atoms. The van der Waals surface area contributed by atoms with Gasteiger partial charge in [0.1, 0.15) is 5.54 Å². The zero-order valence-electron chi connectivity index (χ0n) is 13.4. The first-order chi connectivity index (χ1) is 10.8. The van der Waals surface area contributed by atoms with Crippen LogP contribution < -0.4 is 5.73 Å². The molecule has 1 heterocycles. The summed E-state index contributed by atoms with van der Waals surface area (Å²) in [6.45, 7) is 3.88. The standard InChI is InChI=1S/C16H22BrN3O3/c1-16(18,12-3-5-13(17)6-4-12)15(22)19(2)11-14(21)20-7-9-23-10-8-20/h3-6H,7-11,18H2,1-2H3. The molecule has 0 saturated carbocycles. The van der Waals surface area contributed by atoms with E-state index >= 15 is 0 Å². The molecule has 1 aliphatic rings. The van der Waals surface area contributed by atoms with Crippen LogP contribution >= 0.6 is 15.9 Å². The Hall–Kier alpha value is -1.44. The predicted molar refractivity (Wildman–Crippen MR) is 90.7 cm³/mol. The first-order valence-electron chi connectivity index (χ1n) is 7.48. The van der Waals surface area contributed by atoms with E-state index in [1.807, 2.05) is 12.1 Å². The third-order valence-corrected chi connectivity index (χ3v) is 4.50. The van der Waals surface area contributed by atoms with Crippen LogP contribution in [0.25, 0.3) is 0 Å². The summed E-state index contributed by atoms with van der Waals surface area (Å²) in [5.74, 6) is -0.378. The molecule has 2 rings (SSSR count). The van der Waals surface area contributed by atoms with Gasteiger partial charge in [0, 0.05) is 24.6 Å². The van der Waals surface area contributed by atoms with E-state index in [4.69, 9.17) is 10.5 Å². The molecule has 0 bridgehead atoms. The van der Waals surface area contributed by atoms with Gasteiger partial charge in [-0.05, 0) is 24.6 Å². The maximum atomic E-state index is 12.7. The number of amides is 2. The second kappa shape index (κ2) is 7.42. The molecule has 2 N–H and O–H groups in total. The Labute approximate surface area is 144 Å². The normalized spacial score (nSPS) is 17.5. The summed E-state index contributed by atoms with van der Waals surface area (Å²) in [6, 6.07) is 7.29. The van der Waals surface area contributed by atoms with Gasteiger partial charge in [0.15, 0.2) is 0 Å². The smallest absolute Gasteiger partial charge is 0.247 e. The van der Waals surface area contributed by atoms with Gasteiger partial charge < -0.3 is 20.3 Å². The molecule has 0 aromatic heterocycles. The largest absolute Gasteiger partial charge is 0.378 e. The summed E-state index contributed by atoms with van der Waals surface area (Å²) in [6.07, 6.45) is 0. The van der Waals surface area contributed by atoms with Crippen molar-refractivity contribution in [1.82, 2.24) is 9.80 Å². The number of likely N-dealkylation sites (N-methyl/N-ethyl adjacent to an activating group) is 1. The van der Waals surface area contributed by atoms with E-state index in [1.54, 1.807) is 31.0 Å². The van der Waals surface area contributed by atoms with Gasteiger partial charge in [0.2, 0.25) is 11.8 Å². The van der Waals surface area contributed by atoms with E-state index < -0.39 is 5.54 Å². The van der Waals surface area contributed by atoms with Gasteiger partial charge in [-0.3, -0.25) is 9.59 Å². The molecule has 1 aromatic carbocycles. The van der Waals surface area contributed by atoms with E-state index in [0.717, 1.165) is 4.47 Å². The molecule has 1 fully saturated rings. The van der Waals surface area contributed by atoms with Crippen LogP contribution in [0.5, 0.6) is 0 Å². The van der Waals surface area contributed by atoms with Crippen molar-refractivity contribution in [2.45, 2.75) is 12.5 Å². The molecule has 126 valence electrons. The summed E-state index contributed by atoms with van der Waals surface area (Å²) >= 11 is 3.36. The van der Waals surface area contributed by atoms with E-state index in [2.05, 4.69) is 15.9 Å². The van der Waals surface area contributed by atoms with Crippen molar-refractivity contribution < 1.29 is 14.3 Å². The lowest BCUT2D eigenvalue weighted by Gasteiger charge is -2.32. The average molecular weight is 384 g/mol. The first-order valence-corrected chi connectivity index (χ1v) is 8.27. The highest BCUT2D eigenvalue weighted by atomic mass is 79.9. The second-order valence-electron chi connectivity index (χ2n) is 5.86. The minimum Gasteiger partial charge on any atom is -0.378 e. The van der Waals surface area contributed by atoms with Crippen molar-refractivity contribution in [2.75, 3.05) is 39.9 Å². The molecule has 7 heteroatoms. The number of ether oxygens (including phenoxy) is 1. The fourth-order valence-electron chi connectivity index (χ4n) is 2.50. The predicted octanol–water partition coefficient (Wildman–Crippen LogP) is 0.940. The molecule has 1 saturated heterocycles. The van der Waals surface area contributed by atoms with E-state index in [0.29, 0.717) is 31.9 Å². The van der Waals surface area contributed by atoms with Crippen LogP contribution in [-0.2, 0) is 19.9 Å². The van der Waals surface area contributed by atoms with Crippen LogP contribution in [-0.4, -0.2) is 61.5 Å². The Bertz CT molecular complexity index is 568. The molecule has 1 aromatic rings. The van der Waals surface area contributed by atoms with Gasteiger partial charge in [0.25, 0.3) is 0 Å². The zero-order valence-corrected chi connectivity index (χ0v) is 15.0. The van der Waals surface area contributed by atoms with Crippen molar-refractivity contribution in [3.05, 3.63) is 34.3 Å². The number of morpholine rings is 1. The van der Waals surface area contributed by atoms with Gasteiger partial charge in [-0.25, -0.2) is 0 Å². The van der Waals surface area contributed by atoms with E-state index in [9.17, 15) is 9.59 Å². The quantitative estimate of drug-likeness (QED) is 0.839. The van der Waals surface area contributed by atoms with Crippen LogP contribution in [0.1, 0.15) is 12.5 Å². The van der Waals surface area contributed by atoms with Crippen LogP contribution in [0.15, 0.2) is 28.7 Å². The molecular weight excluding hydrogens is 362 g/mol. The number of benzene rings is 1. The molecular formula is C16H22BrN3O3. The highest BCUT2D eigenvalue weighted by Gasteiger charge is 2.34. The number of rotatable bonds is 4. The van der Waals surface area contributed by atoms with Crippen LogP contribution in [0.3, 0.4) is 0 Å². The van der Waals surface area contributed by atoms with Gasteiger partial charge in [-0.1, -0.05) is 28.1 Å². The first kappa shape index (κ1) is 17.9. The molecule has 1 unspecified atom stereocenters. The third-order valence-electron chi connectivity index (χ3n) is 3.97. The van der Waals surface area contributed by atoms with E-state index in [1.165, 1.54) is 4.90 Å². The number of hydrogen-bond acceptors (Lipinski definition) is 4. The minimum atomic E-state index is -1.18. The number of nitrogens with zero attached hydrogens (tertiary/aromatic N) is 2. The van der Waals surface area contributed by atoms with Crippen LogP contribution in [0.4, 0.5) is 0 Å². The highest BCUT2D eigenvalue weighted by molar-refractivity contribution is 9.10. The average Bonchev–Trinajstić information content (AvgIpc) is 2.55. The summed E-state index contributed by atoms with van der Waals surface area (Å²) < 4.78 is 6.14. The van der Waals surface area contributed by atoms with Crippen molar-refractivity contribution in [3.63, 3.8) is 0 Å². The lowest BCUT2D eigenvalue weighted by molar-refractivity contribution is -0.144. The number of hydrogen-bond donors (Lipinski definition) is 1. The lowest BCUT2D eigenvalue weighted by atomic mass is 9.92. The number of nitrogens with two attached hydrogens (primary N) is 1. The molecule has 2 amide bonds. The van der Waals surface area contributed by atoms with Crippen molar-refractivity contribution in [3.8, 4) is 0 Å². The van der Waals surface area contributed by atoms with Crippen molar-refractivity contribution >= 4 is 27.7 Å². The number of carbonyl (C=O) groups excluding carboxylic acids is 2. The number of halogens is 1. The van der Waals surface area contributed by atoms with Crippen molar-refractivity contribution in [1.29, 1.82) is 0 Å². The molecule has 1 atom stereocenters. The molecule has 0 radical (unpaired) electrons. The van der Waals surface area contributed by atoms with Gasteiger partial charge in [-0.15, -0.1) is 0 Å². The fourth-order valence-corrected chi connectivity index (χ4v) is 2.77. The topological polar surface area (TPSA) is 75.9 Å². The van der Waals surface area contributed by atoms with Gasteiger partial charge in [0.05, 0.1) is 19.8 Å². The second-order valence-corrected chi connectivity index (χ2v) is 6.78. The summed E-state index contributed by atoms with van der Waals surface area (Å²) in [5.41, 5.74) is 5.76. The molecule has 1 aliphatic heterocycles. The Morgan fingerprint density at radius 1 is 1.30 bits per heavy atom. The highest BCUT2D eigenvalue weighted by Crippen LogP contribution is 2.22. The summed E-state index contributed by atoms with van der Waals surface area (Å²) in [4.78, 5) is 28.0. The van der Waals surface area contributed by atoms with Gasteiger partial charge >= 0.3 is 0 Å². The van der Waals surface area contributed by atoms with E-state index in [-0.39, 0.29) is 18.4 Å². The Morgan fingerprint density at radius 2 is 1.87 bits per heavy atom. The molecule has 6 nitrogen and oxygen atoms in total. The summed E-state index contributed by atoms with van der Waals surface area (Å²) in [7, 11) is 1.60. The lowest BCUT2D eigenvalue weighted by Crippen LogP contribution is -2.53. The Morgan fingerprint density at radius 3 is 2.43 bits per heavy atom. The van der Waals surface area contributed by atoms with Gasteiger partial charge in [-0.2, -0.15) is 0 Å². The third kappa shape index (κ3) is 4.31. The Kier molecular flexibility index (Phi) is 5.78. The summed E-state index contributed by atoms with van der Waals surface area (Å²) in [5, 5.41) is 0. The SMILES string of the molecule is CN(CC(=O)N1CCOCC1)C(=O)C(C)(N)c1ccc(Br)cc1. The Balaban J connectivity index is 2.02. The van der Waals surface area contributed by atoms with Crippen LogP contribution in [0.2, 0.25) is 0 Å².